The molecule has 0 saturated heterocycles. The third-order valence-corrected chi connectivity index (χ3v) is 5.47. The first-order chi connectivity index (χ1) is 12.2. The fraction of sp³-hybridized carbons (Fsp3) is 0.333. The highest BCUT2D eigenvalue weighted by molar-refractivity contribution is 7.15. The molecular formula is C18H20FN5S. The van der Waals surface area contributed by atoms with E-state index in [0.29, 0.717) is 19.0 Å². The fourth-order valence-electron chi connectivity index (χ4n) is 3.09. The number of nitrogens with one attached hydrogen (secondary N) is 2. The molecule has 0 unspecified atom stereocenters. The van der Waals surface area contributed by atoms with Gasteiger partial charge in [-0.3, -0.25) is 9.39 Å². The summed E-state index contributed by atoms with van der Waals surface area (Å²) < 4.78 is 16.1. The quantitative estimate of drug-likeness (QED) is 0.545. The Balaban J connectivity index is 1.36. The number of imidazole rings is 1. The first-order valence-corrected chi connectivity index (χ1v) is 9.19. The van der Waals surface area contributed by atoms with Gasteiger partial charge in [-0.2, -0.15) is 0 Å². The fourth-order valence-corrected chi connectivity index (χ4v) is 3.81. The second kappa shape index (κ2) is 6.48. The predicted molar refractivity (Wildman–Crippen MR) is 98.6 cm³/mol. The minimum absolute atomic E-state index is 0.111. The Morgan fingerprint density at radius 1 is 1.36 bits per heavy atom. The van der Waals surface area contributed by atoms with Gasteiger partial charge in [0, 0.05) is 36.8 Å². The van der Waals surface area contributed by atoms with Crippen molar-refractivity contribution < 1.29 is 4.39 Å². The average Bonchev–Trinajstić information content (AvgIpc) is 3.10. The van der Waals surface area contributed by atoms with Crippen LogP contribution in [0, 0.1) is 5.82 Å². The van der Waals surface area contributed by atoms with Gasteiger partial charge >= 0.3 is 0 Å². The normalized spacial score (nSPS) is 16.2. The maximum atomic E-state index is 14.1. The number of fused-ring (bicyclic) bond motifs is 1. The number of halogens is 1. The molecule has 0 radical (unpaired) electrons. The molecule has 7 heteroatoms. The highest BCUT2D eigenvalue weighted by Crippen LogP contribution is 2.48. The molecule has 3 aromatic rings. The van der Waals surface area contributed by atoms with Crippen molar-refractivity contribution in [1.82, 2.24) is 20.0 Å². The van der Waals surface area contributed by atoms with Crippen LogP contribution in [0.2, 0.25) is 0 Å². The number of hydrogen-bond donors (Lipinski definition) is 2. The number of nitrogens with zero attached hydrogens (tertiary/aromatic N) is 3. The van der Waals surface area contributed by atoms with Gasteiger partial charge in [-0.25, -0.2) is 9.37 Å². The molecular weight excluding hydrogens is 337 g/mol. The highest BCUT2D eigenvalue weighted by atomic mass is 32.1. The van der Waals surface area contributed by atoms with Gasteiger partial charge in [0.25, 0.3) is 0 Å². The zero-order valence-electron chi connectivity index (χ0n) is 14.0. The summed E-state index contributed by atoms with van der Waals surface area (Å²) in [6.45, 7) is 1.27. The Labute approximate surface area is 149 Å². The van der Waals surface area contributed by atoms with Crippen LogP contribution < -0.4 is 10.6 Å². The van der Waals surface area contributed by atoms with Crippen molar-refractivity contribution in [2.24, 2.45) is 4.99 Å². The van der Waals surface area contributed by atoms with E-state index >= 15 is 0 Å². The van der Waals surface area contributed by atoms with E-state index in [2.05, 4.69) is 20.6 Å². The van der Waals surface area contributed by atoms with Crippen molar-refractivity contribution in [2.45, 2.75) is 24.8 Å². The molecule has 1 saturated carbocycles. The van der Waals surface area contributed by atoms with Gasteiger partial charge in [-0.15, -0.1) is 11.3 Å². The molecule has 1 aliphatic rings. The standard InChI is InChI=1S/C18H20FN5S/c1-20-16(21-10-13-11-24-8-9-25-17(24)23-13)22-12-18(6-7-18)14-4-2-3-5-15(14)19/h2-5,8-9,11H,6-7,10,12H2,1H3,(H2,20,21,22). The molecule has 0 amide bonds. The van der Waals surface area contributed by atoms with Crippen molar-refractivity contribution in [3.8, 4) is 0 Å². The van der Waals surface area contributed by atoms with Crippen molar-refractivity contribution >= 4 is 22.3 Å². The molecule has 0 bridgehead atoms. The van der Waals surface area contributed by atoms with E-state index in [1.54, 1.807) is 24.5 Å². The van der Waals surface area contributed by atoms with Crippen LogP contribution in [-0.2, 0) is 12.0 Å². The lowest BCUT2D eigenvalue weighted by molar-refractivity contribution is 0.559. The van der Waals surface area contributed by atoms with Gasteiger partial charge in [-0.1, -0.05) is 18.2 Å². The first kappa shape index (κ1) is 16.1. The molecule has 1 aromatic carbocycles. The maximum Gasteiger partial charge on any atom is 0.193 e. The number of benzene rings is 1. The summed E-state index contributed by atoms with van der Waals surface area (Å²) in [4.78, 5) is 9.79. The summed E-state index contributed by atoms with van der Waals surface area (Å²) >= 11 is 1.61. The largest absolute Gasteiger partial charge is 0.356 e. The number of hydrogen-bond acceptors (Lipinski definition) is 3. The minimum atomic E-state index is -0.122. The average molecular weight is 357 g/mol. The number of thiazole rings is 1. The molecule has 1 fully saturated rings. The predicted octanol–water partition coefficient (Wildman–Crippen LogP) is 2.93. The second-order valence-corrected chi connectivity index (χ2v) is 7.24. The van der Waals surface area contributed by atoms with Crippen molar-refractivity contribution in [3.05, 3.63) is 59.1 Å². The molecule has 0 aliphatic heterocycles. The van der Waals surface area contributed by atoms with Crippen LogP contribution in [0.5, 0.6) is 0 Å². The van der Waals surface area contributed by atoms with Gasteiger partial charge in [0.1, 0.15) is 5.82 Å². The van der Waals surface area contributed by atoms with E-state index in [1.807, 2.05) is 34.3 Å². The lowest BCUT2D eigenvalue weighted by Gasteiger charge is -2.19. The molecule has 1 aliphatic carbocycles. The molecule has 130 valence electrons. The summed E-state index contributed by atoms with van der Waals surface area (Å²) in [7, 11) is 1.74. The Bertz CT molecular complexity index is 880. The molecule has 0 spiro atoms. The van der Waals surface area contributed by atoms with Gasteiger partial charge in [0.2, 0.25) is 0 Å². The van der Waals surface area contributed by atoms with Gasteiger partial charge in [0.15, 0.2) is 10.9 Å². The Morgan fingerprint density at radius 3 is 2.92 bits per heavy atom. The van der Waals surface area contributed by atoms with Crippen molar-refractivity contribution in [2.75, 3.05) is 13.6 Å². The van der Waals surface area contributed by atoms with E-state index in [-0.39, 0.29) is 11.2 Å². The monoisotopic (exact) mass is 357 g/mol. The van der Waals surface area contributed by atoms with Crippen LogP contribution >= 0.6 is 11.3 Å². The van der Waals surface area contributed by atoms with Crippen LogP contribution in [-0.4, -0.2) is 28.9 Å². The van der Waals surface area contributed by atoms with E-state index in [9.17, 15) is 4.39 Å². The first-order valence-electron chi connectivity index (χ1n) is 8.31. The van der Waals surface area contributed by atoms with Crippen molar-refractivity contribution in [3.63, 3.8) is 0 Å². The Hall–Kier alpha value is -2.41. The van der Waals surface area contributed by atoms with E-state index in [4.69, 9.17) is 0 Å². The maximum absolute atomic E-state index is 14.1. The number of guanidine groups is 1. The third-order valence-electron chi connectivity index (χ3n) is 4.70. The molecule has 0 atom stereocenters. The van der Waals surface area contributed by atoms with Crippen LogP contribution in [0.25, 0.3) is 4.96 Å². The molecule has 2 N–H and O–H groups in total. The number of aliphatic imine (C=N–C) groups is 1. The SMILES string of the molecule is CN=C(NCc1cn2ccsc2n1)NCC1(c2ccccc2F)CC1. The Kier molecular flexibility index (Phi) is 4.17. The molecule has 4 rings (SSSR count). The zero-order valence-corrected chi connectivity index (χ0v) is 14.8. The van der Waals surface area contributed by atoms with E-state index < -0.39 is 0 Å². The van der Waals surface area contributed by atoms with Gasteiger partial charge in [0.05, 0.1) is 12.2 Å². The van der Waals surface area contributed by atoms with Crippen LogP contribution in [0.15, 0.2) is 47.0 Å². The summed E-state index contributed by atoms with van der Waals surface area (Å²) in [5.74, 6) is 0.585. The van der Waals surface area contributed by atoms with Crippen LogP contribution in [0.4, 0.5) is 4.39 Å². The smallest absolute Gasteiger partial charge is 0.193 e. The number of aromatic nitrogens is 2. The summed E-state index contributed by atoms with van der Waals surface area (Å²) in [6, 6.07) is 7.05. The second-order valence-electron chi connectivity index (χ2n) is 6.36. The minimum Gasteiger partial charge on any atom is -0.356 e. The Morgan fingerprint density at radius 2 is 2.20 bits per heavy atom. The molecule has 2 aromatic heterocycles. The molecule has 25 heavy (non-hydrogen) atoms. The van der Waals surface area contributed by atoms with Gasteiger partial charge in [-0.05, 0) is 24.5 Å². The number of rotatable bonds is 5. The summed E-state index contributed by atoms with van der Waals surface area (Å²) in [5.41, 5.74) is 1.65. The third kappa shape index (κ3) is 3.24. The summed E-state index contributed by atoms with van der Waals surface area (Å²) in [6.07, 6.45) is 5.99. The topological polar surface area (TPSA) is 53.7 Å². The highest BCUT2D eigenvalue weighted by Gasteiger charge is 2.45. The lowest BCUT2D eigenvalue weighted by Crippen LogP contribution is -2.41. The lowest BCUT2D eigenvalue weighted by atomic mass is 9.95. The van der Waals surface area contributed by atoms with Crippen LogP contribution in [0.1, 0.15) is 24.1 Å². The zero-order chi connectivity index (χ0) is 17.3. The van der Waals surface area contributed by atoms with E-state index in [0.717, 1.165) is 29.1 Å². The van der Waals surface area contributed by atoms with E-state index in [1.165, 1.54) is 6.07 Å². The molecule has 5 nitrogen and oxygen atoms in total. The van der Waals surface area contributed by atoms with Crippen molar-refractivity contribution in [1.29, 1.82) is 0 Å². The summed E-state index contributed by atoms with van der Waals surface area (Å²) in [5, 5.41) is 8.62. The van der Waals surface area contributed by atoms with Gasteiger partial charge < -0.3 is 10.6 Å². The van der Waals surface area contributed by atoms with Crippen LogP contribution in [0.3, 0.4) is 0 Å². The molecule has 2 heterocycles.